The first-order valence-electron chi connectivity index (χ1n) is 5.74. The number of piperidine rings is 1. The van der Waals surface area contributed by atoms with Crippen molar-refractivity contribution < 1.29 is 9.18 Å². The SMILES string of the molecule is Cl.O=C(NC1CCNCC1)c1cc(Cl)c(Br)cc1F. The molecule has 2 rings (SSSR count). The van der Waals surface area contributed by atoms with Gasteiger partial charge in [-0.15, -0.1) is 12.4 Å². The average Bonchev–Trinajstić information content (AvgIpc) is 2.35. The number of hydrogen-bond donors (Lipinski definition) is 2. The van der Waals surface area contributed by atoms with Crippen molar-refractivity contribution in [2.24, 2.45) is 0 Å². The van der Waals surface area contributed by atoms with E-state index in [0.29, 0.717) is 9.50 Å². The van der Waals surface area contributed by atoms with Crippen LogP contribution in [0.5, 0.6) is 0 Å². The lowest BCUT2D eigenvalue weighted by molar-refractivity contribution is 0.0925. The predicted molar refractivity (Wildman–Crippen MR) is 79.7 cm³/mol. The van der Waals surface area contributed by atoms with Crippen LogP contribution in [0.25, 0.3) is 0 Å². The van der Waals surface area contributed by atoms with E-state index in [9.17, 15) is 9.18 Å². The van der Waals surface area contributed by atoms with E-state index in [4.69, 9.17) is 11.6 Å². The maximum atomic E-state index is 13.7. The summed E-state index contributed by atoms with van der Waals surface area (Å²) in [6.07, 6.45) is 1.72. The molecule has 1 heterocycles. The minimum atomic E-state index is -0.572. The number of carbonyl (C=O) groups is 1. The third-order valence-electron chi connectivity index (χ3n) is 2.93. The first kappa shape index (κ1) is 16.7. The van der Waals surface area contributed by atoms with Crippen LogP contribution < -0.4 is 10.6 Å². The summed E-state index contributed by atoms with van der Waals surface area (Å²) in [4.78, 5) is 12.0. The van der Waals surface area contributed by atoms with E-state index >= 15 is 0 Å². The van der Waals surface area contributed by atoms with E-state index in [1.807, 2.05) is 0 Å². The number of carbonyl (C=O) groups excluding carboxylic acids is 1. The number of hydrogen-bond acceptors (Lipinski definition) is 2. The zero-order chi connectivity index (χ0) is 13.1. The monoisotopic (exact) mass is 370 g/mol. The van der Waals surface area contributed by atoms with Gasteiger partial charge in [-0.05, 0) is 54.0 Å². The Morgan fingerprint density at radius 1 is 1.42 bits per heavy atom. The fourth-order valence-corrected chi connectivity index (χ4v) is 2.41. The van der Waals surface area contributed by atoms with Crippen LogP contribution in [0.15, 0.2) is 16.6 Å². The Morgan fingerprint density at radius 3 is 2.68 bits per heavy atom. The second kappa shape index (κ2) is 7.43. The molecule has 0 spiro atoms. The lowest BCUT2D eigenvalue weighted by Gasteiger charge is -2.23. The van der Waals surface area contributed by atoms with Crippen molar-refractivity contribution in [2.45, 2.75) is 18.9 Å². The molecule has 0 radical (unpaired) electrons. The predicted octanol–water partition coefficient (Wildman–Crippen LogP) is 3.15. The molecule has 1 aliphatic rings. The molecule has 1 aliphatic heterocycles. The molecule has 1 fully saturated rings. The average molecular weight is 372 g/mol. The minimum Gasteiger partial charge on any atom is -0.349 e. The van der Waals surface area contributed by atoms with E-state index in [2.05, 4.69) is 26.6 Å². The lowest BCUT2D eigenvalue weighted by Crippen LogP contribution is -2.42. The van der Waals surface area contributed by atoms with Gasteiger partial charge in [-0.3, -0.25) is 4.79 Å². The summed E-state index contributed by atoms with van der Waals surface area (Å²) in [5.74, 6) is -0.980. The third kappa shape index (κ3) is 4.31. The highest BCUT2D eigenvalue weighted by molar-refractivity contribution is 9.10. The normalized spacial score (nSPS) is 15.7. The smallest absolute Gasteiger partial charge is 0.254 e. The van der Waals surface area contributed by atoms with Gasteiger partial charge in [0.05, 0.1) is 10.6 Å². The van der Waals surface area contributed by atoms with Crippen molar-refractivity contribution in [1.29, 1.82) is 0 Å². The Labute approximate surface area is 130 Å². The standard InChI is InChI=1S/C12H13BrClFN2O.ClH/c13-9-6-11(15)8(5-10(9)14)12(18)17-7-1-3-16-4-2-7;/h5-7,16H,1-4H2,(H,17,18);1H. The molecule has 2 N–H and O–H groups in total. The van der Waals surface area contributed by atoms with Crippen LogP contribution in [0, 0.1) is 5.82 Å². The number of benzene rings is 1. The fourth-order valence-electron chi connectivity index (χ4n) is 1.93. The van der Waals surface area contributed by atoms with E-state index < -0.39 is 11.7 Å². The van der Waals surface area contributed by atoms with Crippen molar-refractivity contribution in [2.75, 3.05) is 13.1 Å². The zero-order valence-corrected chi connectivity index (χ0v) is 13.2. The zero-order valence-electron chi connectivity index (χ0n) is 10.0. The molecule has 0 aliphatic carbocycles. The molecule has 0 saturated carbocycles. The molecule has 1 amide bonds. The van der Waals surface area contributed by atoms with Crippen molar-refractivity contribution in [3.63, 3.8) is 0 Å². The minimum absolute atomic E-state index is 0. The Hall–Kier alpha value is -0.360. The van der Waals surface area contributed by atoms with Crippen LogP contribution in [0.4, 0.5) is 4.39 Å². The molecule has 19 heavy (non-hydrogen) atoms. The highest BCUT2D eigenvalue weighted by atomic mass is 79.9. The highest BCUT2D eigenvalue weighted by Gasteiger charge is 2.19. The van der Waals surface area contributed by atoms with Crippen LogP contribution >= 0.6 is 39.9 Å². The van der Waals surface area contributed by atoms with E-state index in [0.717, 1.165) is 25.9 Å². The van der Waals surface area contributed by atoms with Gasteiger partial charge in [0.15, 0.2) is 0 Å². The first-order chi connectivity index (χ1) is 8.58. The molecule has 0 aromatic heterocycles. The van der Waals surface area contributed by atoms with E-state index in [1.165, 1.54) is 12.1 Å². The summed E-state index contributed by atoms with van der Waals surface area (Å²) in [5, 5.41) is 6.36. The lowest BCUT2D eigenvalue weighted by atomic mass is 10.1. The Morgan fingerprint density at radius 2 is 2.05 bits per heavy atom. The van der Waals surface area contributed by atoms with Crippen LogP contribution in [-0.2, 0) is 0 Å². The van der Waals surface area contributed by atoms with Gasteiger partial charge >= 0.3 is 0 Å². The van der Waals surface area contributed by atoms with Crippen molar-refractivity contribution >= 4 is 45.8 Å². The second-order valence-electron chi connectivity index (χ2n) is 4.24. The van der Waals surface area contributed by atoms with Crippen LogP contribution in [0.2, 0.25) is 5.02 Å². The van der Waals surface area contributed by atoms with Crippen molar-refractivity contribution in [3.8, 4) is 0 Å². The molecular weight excluding hydrogens is 358 g/mol. The summed E-state index contributed by atoms with van der Waals surface area (Å²) in [6.45, 7) is 1.74. The van der Waals surface area contributed by atoms with Crippen molar-refractivity contribution in [1.82, 2.24) is 10.6 Å². The summed E-state index contributed by atoms with van der Waals surface area (Å²) < 4.78 is 14.1. The molecule has 1 aromatic carbocycles. The largest absolute Gasteiger partial charge is 0.349 e. The summed E-state index contributed by atoms with van der Waals surface area (Å²) in [5.41, 5.74) is -0.0123. The molecule has 0 unspecified atom stereocenters. The molecule has 1 saturated heterocycles. The Kier molecular flexibility index (Phi) is 6.53. The third-order valence-corrected chi connectivity index (χ3v) is 4.13. The highest BCUT2D eigenvalue weighted by Crippen LogP contribution is 2.25. The van der Waals surface area contributed by atoms with E-state index in [-0.39, 0.29) is 24.0 Å². The second-order valence-corrected chi connectivity index (χ2v) is 5.51. The number of halogens is 4. The summed E-state index contributed by atoms with van der Waals surface area (Å²) >= 11 is 8.99. The topological polar surface area (TPSA) is 41.1 Å². The molecule has 0 atom stereocenters. The maximum Gasteiger partial charge on any atom is 0.254 e. The first-order valence-corrected chi connectivity index (χ1v) is 6.91. The van der Waals surface area contributed by atoms with Crippen LogP contribution in [0.3, 0.4) is 0 Å². The Balaban J connectivity index is 0.00000180. The molecule has 7 heteroatoms. The summed E-state index contributed by atoms with van der Waals surface area (Å²) in [7, 11) is 0. The van der Waals surface area contributed by atoms with Gasteiger partial charge in [0.1, 0.15) is 5.82 Å². The van der Waals surface area contributed by atoms with Gasteiger partial charge in [-0.25, -0.2) is 4.39 Å². The maximum absolute atomic E-state index is 13.7. The number of rotatable bonds is 2. The van der Waals surface area contributed by atoms with Crippen LogP contribution in [0.1, 0.15) is 23.2 Å². The quantitative estimate of drug-likeness (QED) is 0.784. The Bertz CT molecular complexity index is 467. The van der Waals surface area contributed by atoms with Gasteiger partial charge in [-0.2, -0.15) is 0 Å². The van der Waals surface area contributed by atoms with Gasteiger partial charge in [0, 0.05) is 10.5 Å². The van der Waals surface area contributed by atoms with Gasteiger partial charge < -0.3 is 10.6 Å². The fraction of sp³-hybridized carbons (Fsp3) is 0.417. The molecular formula is C12H14BrCl2FN2O. The van der Waals surface area contributed by atoms with Gasteiger partial charge in [-0.1, -0.05) is 11.6 Å². The molecule has 106 valence electrons. The molecule has 3 nitrogen and oxygen atoms in total. The molecule has 0 bridgehead atoms. The number of nitrogens with one attached hydrogen (secondary N) is 2. The van der Waals surface area contributed by atoms with Gasteiger partial charge in [0.2, 0.25) is 0 Å². The molecule has 1 aromatic rings. The van der Waals surface area contributed by atoms with E-state index in [1.54, 1.807) is 0 Å². The number of amides is 1. The van der Waals surface area contributed by atoms with Gasteiger partial charge in [0.25, 0.3) is 5.91 Å². The van der Waals surface area contributed by atoms with Crippen molar-refractivity contribution in [3.05, 3.63) is 33.0 Å². The van der Waals surface area contributed by atoms with Crippen LogP contribution in [-0.4, -0.2) is 25.0 Å². The summed E-state index contributed by atoms with van der Waals surface area (Å²) in [6, 6.07) is 2.65.